The van der Waals surface area contributed by atoms with Gasteiger partial charge >= 0.3 is 0 Å². The van der Waals surface area contributed by atoms with Crippen molar-refractivity contribution in [3.8, 4) is 16.9 Å². The van der Waals surface area contributed by atoms with Crippen LogP contribution in [-0.4, -0.2) is 17.9 Å². The van der Waals surface area contributed by atoms with Crippen molar-refractivity contribution in [2.24, 2.45) is 0 Å². The van der Waals surface area contributed by atoms with Crippen molar-refractivity contribution in [3.63, 3.8) is 0 Å². The van der Waals surface area contributed by atoms with Crippen molar-refractivity contribution in [1.29, 1.82) is 0 Å². The molecule has 0 saturated heterocycles. The summed E-state index contributed by atoms with van der Waals surface area (Å²) in [4.78, 5) is 16.3. The summed E-state index contributed by atoms with van der Waals surface area (Å²) in [6, 6.07) is 18.9. The van der Waals surface area contributed by atoms with Crippen LogP contribution in [0.3, 0.4) is 0 Å². The van der Waals surface area contributed by atoms with E-state index in [0.29, 0.717) is 11.1 Å². The van der Waals surface area contributed by atoms with Gasteiger partial charge in [0.25, 0.3) is 0 Å². The van der Waals surface area contributed by atoms with E-state index in [-0.39, 0.29) is 5.78 Å². The predicted molar refractivity (Wildman–Crippen MR) is 86.1 cm³/mol. The number of ether oxygens (including phenoxy) is 1. The summed E-state index contributed by atoms with van der Waals surface area (Å²) in [5, 5.41) is 0. The van der Waals surface area contributed by atoms with Crippen LogP contribution in [0.4, 0.5) is 0 Å². The van der Waals surface area contributed by atoms with Crippen LogP contribution in [0.2, 0.25) is 0 Å². The Morgan fingerprint density at radius 3 is 2.23 bits per heavy atom. The molecule has 2 aromatic carbocycles. The Hall–Kier alpha value is -2.94. The summed E-state index contributed by atoms with van der Waals surface area (Å²) in [5.74, 6) is 0.814. The Kier molecular flexibility index (Phi) is 3.97. The lowest BCUT2D eigenvalue weighted by atomic mass is 10.00. The number of hydrogen-bond donors (Lipinski definition) is 0. The van der Waals surface area contributed by atoms with Gasteiger partial charge in [0.15, 0.2) is 5.78 Å². The molecule has 1 heterocycles. The lowest BCUT2D eigenvalue weighted by molar-refractivity contribution is 0.103. The van der Waals surface area contributed by atoms with Gasteiger partial charge in [-0.2, -0.15) is 0 Å². The summed E-state index contributed by atoms with van der Waals surface area (Å²) in [6.07, 6.45) is 3.25. The Bertz CT molecular complexity index is 780. The van der Waals surface area contributed by atoms with Crippen molar-refractivity contribution in [2.75, 3.05) is 7.11 Å². The number of carbonyl (C=O) groups is 1. The van der Waals surface area contributed by atoms with Gasteiger partial charge < -0.3 is 4.74 Å². The standard InChI is InChI=1S/C19H15NO2/c1-22-18-4-2-3-17(13-18)14-5-7-15(8-6-14)19(21)16-9-11-20-12-10-16/h2-13H,1H3. The van der Waals surface area contributed by atoms with Crippen LogP contribution in [0.15, 0.2) is 73.1 Å². The molecule has 3 rings (SSSR count). The third kappa shape index (κ3) is 2.88. The van der Waals surface area contributed by atoms with Gasteiger partial charge in [0, 0.05) is 23.5 Å². The molecule has 0 radical (unpaired) electrons. The number of methoxy groups -OCH3 is 1. The average Bonchev–Trinajstić information content (AvgIpc) is 2.62. The minimum Gasteiger partial charge on any atom is -0.497 e. The van der Waals surface area contributed by atoms with Crippen molar-refractivity contribution < 1.29 is 9.53 Å². The topological polar surface area (TPSA) is 39.2 Å². The maximum Gasteiger partial charge on any atom is 0.193 e. The molecule has 0 N–H and O–H groups in total. The molecule has 0 bridgehead atoms. The first-order valence-corrected chi connectivity index (χ1v) is 6.97. The molecule has 0 unspecified atom stereocenters. The Morgan fingerprint density at radius 2 is 1.55 bits per heavy atom. The average molecular weight is 289 g/mol. The number of benzene rings is 2. The zero-order chi connectivity index (χ0) is 15.4. The molecule has 108 valence electrons. The van der Waals surface area contributed by atoms with E-state index < -0.39 is 0 Å². The van der Waals surface area contributed by atoms with Crippen LogP contribution in [-0.2, 0) is 0 Å². The van der Waals surface area contributed by atoms with E-state index in [0.717, 1.165) is 16.9 Å². The number of rotatable bonds is 4. The highest BCUT2D eigenvalue weighted by atomic mass is 16.5. The van der Waals surface area contributed by atoms with E-state index in [2.05, 4.69) is 4.98 Å². The largest absolute Gasteiger partial charge is 0.497 e. The Labute approximate surface area is 129 Å². The van der Waals surface area contributed by atoms with Crippen LogP contribution in [0.5, 0.6) is 5.75 Å². The second-order valence-electron chi connectivity index (χ2n) is 4.87. The second-order valence-corrected chi connectivity index (χ2v) is 4.87. The van der Waals surface area contributed by atoms with Crippen molar-refractivity contribution in [1.82, 2.24) is 4.98 Å². The highest BCUT2D eigenvalue weighted by molar-refractivity contribution is 6.09. The van der Waals surface area contributed by atoms with Crippen LogP contribution >= 0.6 is 0 Å². The zero-order valence-electron chi connectivity index (χ0n) is 12.2. The van der Waals surface area contributed by atoms with Gasteiger partial charge in [0.2, 0.25) is 0 Å². The molecule has 3 nitrogen and oxygen atoms in total. The molecule has 22 heavy (non-hydrogen) atoms. The van der Waals surface area contributed by atoms with Crippen molar-refractivity contribution in [3.05, 3.63) is 84.2 Å². The monoisotopic (exact) mass is 289 g/mol. The van der Waals surface area contributed by atoms with Gasteiger partial charge in [-0.1, -0.05) is 36.4 Å². The van der Waals surface area contributed by atoms with Gasteiger partial charge in [0.1, 0.15) is 5.75 Å². The Balaban J connectivity index is 1.88. The first-order valence-electron chi connectivity index (χ1n) is 6.97. The van der Waals surface area contributed by atoms with E-state index in [9.17, 15) is 4.79 Å². The van der Waals surface area contributed by atoms with Crippen LogP contribution in [0.25, 0.3) is 11.1 Å². The molecule has 3 aromatic rings. The van der Waals surface area contributed by atoms with Gasteiger partial charge in [-0.05, 0) is 35.4 Å². The first-order chi connectivity index (χ1) is 10.8. The van der Waals surface area contributed by atoms with Crippen LogP contribution in [0.1, 0.15) is 15.9 Å². The fourth-order valence-electron chi connectivity index (χ4n) is 2.29. The number of aromatic nitrogens is 1. The third-order valence-electron chi connectivity index (χ3n) is 3.49. The molecule has 0 aliphatic carbocycles. The van der Waals surface area contributed by atoms with E-state index in [1.54, 1.807) is 31.6 Å². The van der Waals surface area contributed by atoms with Crippen LogP contribution < -0.4 is 4.74 Å². The van der Waals surface area contributed by atoms with Crippen molar-refractivity contribution >= 4 is 5.78 Å². The third-order valence-corrected chi connectivity index (χ3v) is 3.49. The minimum atomic E-state index is -0.000378. The summed E-state index contributed by atoms with van der Waals surface area (Å²) in [5.41, 5.74) is 3.41. The molecule has 3 heteroatoms. The molecule has 0 saturated carbocycles. The molecular weight excluding hydrogens is 274 g/mol. The first kappa shape index (κ1) is 14.0. The number of ketones is 1. The highest BCUT2D eigenvalue weighted by Gasteiger charge is 2.08. The van der Waals surface area contributed by atoms with E-state index in [4.69, 9.17) is 4.74 Å². The fraction of sp³-hybridized carbons (Fsp3) is 0.0526. The van der Waals surface area contributed by atoms with E-state index in [1.165, 1.54) is 0 Å². The number of carbonyl (C=O) groups excluding carboxylic acids is 1. The lowest BCUT2D eigenvalue weighted by Gasteiger charge is -2.06. The molecule has 0 fully saturated rings. The number of pyridine rings is 1. The summed E-state index contributed by atoms with van der Waals surface area (Å²) in [7, 11) is 1.65. The Morgan fingerprint density at radius 1 is 0.864 bits per heavy atom. The summed E-state index contributed by atoms with van der Waals surface area (Å²) < 4.78 is 5.24. The highest BCUT2D eigenvalue weighted by Crippen LogP contribution is 2.24. The molecule has 0 amide bonds. The molecule has 0 aliphatic heterocycles. The van der Waals surface area contributed by atoms with Crippen LogP contribution in [0, 0.1) is 0 Å². The molecular formula is C19H15NO2. The normalized spacial score (nSPS) is 10.2. The maximum atomic E-state index is 12.3. The smallest absolute Gasteiger partial charge is 0.193 e. The van der Waals surface area contributed by atoms with Gasteiger partial charge in [0.05, 0.1) is 7.11 Å². The predicted octanol–water partition coefficient (Wildman–Crippen LogP) is 3.99. The maximum absolute atomic E-state index is 12.3. The number of hydrogen-bond acceptors (Lipinski definition) is 3. The van der Waals surface area contributed by atoms with E-state index >= 15 is 0 Å². The SMILES string of the molecule is COc1cccc(-c2ccc(C(=O)c3ccncc3)cc2)c1. The zero-order valence-corrected chi connectivity index (χ0v) is 12.2. The second kappa shape index (κ2) is 6.22. The summed E-state index contributed by atoms with van der Waals surface area (Å²) >= 11 is 0. The molecule has 0 atom stereocenters. The quantitative estimate of drug-likeness (QED) is 0.682. The van der Waals surface area contributed by atoms with E-state index in [1.807, 2.05) is 48.5 Å². The molecule has 1 aromatic heterocycles. The molecule has 0 spiro atoms. The van der Waals surface area contributed by atoms with Gasteiger partial charge in [-0.25, -0.2) is 0 Å². The van der Waals surface area contributed by atoms with Crippen molar-refractivity contribution in [2.45, 2.75) is 0 Å². The van der Waals surface area contributed by atoms with Gasteiger partial charge in [-0.3, -0.25) is 9.78 Å². The van der Waals surface area contributed by atoms with Gasteiger partial charge in [-0.15, -0.1) is 0 Å². The summed E-state index contributed by atoms with van der Waals surface area (Å²) in [6.45, 7) is 0. The molecule has 0 aliphatic rings. The minimum absolute atomic E-state index is 0.000378. The number of nitrogens with zero attached hydrogens (tertiary/aromatic N) is 1. The lowest BCUT2D eigenvalue weighted by Crippen LogP contribution is -2.00. The fourth-order valence-corrected chi connectivity index (χ4v) is 2.29.